The second kappa shape index (κ2) is 8.67. The standard InChI is InChI=1S/C22H33N3O4S/c1-6-12-23(4)14-16-7-9-17(10-8-16)21(26)24-13-11-18-20(24)19(15(2)3)22(27)25(18)30(5,28)29/h7-10,15,18-20H,6,11-14H2,1-5H3/t18-,19+,20-/m0/s1. The molecule has 8 heteroatoms. The van der Waals surface area contributed by atoms with Crippen molar-refractivity contribution in [1.29, 1.82) is 0 Å². The summed E-state index contributed by atoms with van der Waals surface area (Å²) >= 11 is 0. The van der Waals surface area contributed by atoms with Crippen LogP contribution in [0, 0.1) is 11.8 Å². The maximum absolute atomic E-state index is 13.3. The largest absolute Gasteiger partial charge is 0.333 e. The highest BCUT2D eigenvalue weighted by Gasteiger charge is 2.58. The van der Waals surface area contributed by atoms with Crippen LogP contribution in [-0.4, -0.2) is 72.8 Å². The molecule has 2 fully saturated rings. The molecule has 0 N–H and O–H groups in total. The van der Waals surface area contributed by atoms with Gasteiger partial charge in [0.05, 0.1) is 24.3 Å². The molecule has 0 bridgehead atoms. The third-order valence-corrected chi connectivity index (χ3v) is 7.35. The first-order valence-electron chi connectivity index (χ1n) is 10.7. The smallest absolute Gasteiger partial charge is 0.254 e. The Morgan fingerprint density at radius 2 is 1.87 bits per heavy atom. The van der Waals surface area contributed by atoms with Gasteiger partial charge in [-0.1, -0.05) is 32.9 Å². The fraction of sp³-hybridized carbons (Fsp3) is 0.636. The van der Waals surface area contributed by atoms with Crippen LogP contribution >= 0.6 is 0 Å². The van der Waals surface area contributed by atoms with Gasteiger partial charge >= 0.3 is 0 Å². The zero-order chi connectivity index (χ0) is 22.2. The van der Waals surface area contributed by atoms with Gasteiger partial charge in [0.25, 0.3) is 5.91 Å². The summed E-state index contributed by atoms with van der Waals surface area (Å²) in [6, 6.07) is 6.73. The molecule has 2 amide bonds. The average molecular weight is 436 g/mol. The Kier molecular flexibility index (Phi) is 6.57. The SMILES string of the molecule is CCCN(C)Cc1ccc(C(=O)N2CC[C@H]3[C@H]2[C@@H](C(C)C)C(=O)N3S(C)(=O)=O)cc1. The van der Waals surface area contributed by atoms with Crippen molar-refractivity contribution in [2.24, 2.45) is 11.8 Å². The summed E-state index contributed by atoms with van der Waals surface area (Å²) in [5.74, 6) is -1.07. The van der Waals surface area contributed by atoms with Crippen molar-refractivity contribution in [2.75, 3.05) is 26.4 Å². The van der Waals surface area contributed by atoms with Crippen molar-refractivity contribution in [3.63, 3.8) is 0 Å². The maximum Gasteiger partial charge on any atom is 0.254 e. The molecule has 1 aromatic rings. The number of hydrogen-bond acceptors (Lipinski definition) is 5. The number of carbonyl (C=O) groups is 2. The van der Waals surface area contributed by atoms with Crippen LogP contribution in [0.5, 0.6) is 0 Å². The number of amides is 2. The number of carbonyl (C=O) groups excluding carboxylic acids is 2. The summed E-state index contributed by atoms with van der Waals surface area (Å²) in [5, 5.41) is 0. The molecule has 3 rings (SSSR count). The van der Waals surface area contributed by atoms with Crippen LogP contribution in [0.3, 0.4) is 0 Å². The molecule has 2 saturated heterocycles. The Morgan fingerprint density at radius 3 is 2.40 bits per heavy atom. The van der Waals surface area contributed by atoms with E-state index in [4.69, 9.17) is 0 Å². The lowest BCUT2D eigenvalue weighted by Crippen LogP contribution is -2.44. The molecule has 0 saturated carbocycles. The molecule has 0 spiro atoms. The second-order valence-electron chi connectivity index (χ2n) is 8.95. The number of nitrogens with zero attached hydrogens (tertiary/aromatic N) is 3. The Morgan fingerprint density at radius 1 is 1.23 bits per heavy atom. The van der Waals surface area contributed by atoms with Crippen LogP contribution in [0.1, 0.15) is 49.5 Å². The monoisotopic (exact) mass is 435 g/mol. The van der Waals surface area contributed by atoms with Gasteiger partial charge in [-0.25, -0.2) is 12.7 Å². The van der Waals surface area contributed by atoms with Crippen LogP contribution in [0.4, 0.5) is 0 Å². The lowest BCUT2D eigenvalue weighted by atomic mass is 9.88. The first-order chi connectivity index (χ1) is 14.1. The summed E-state index contributed by atoms with van der Waals surface area (Å²) in [7, 11) is -1.59. The zero-order valence-electron chi connectivity index (χ0n) is 18.5. The summed E-state index contributed by atoms with van der Waals surface area (Å²) in [4.78, 5) is 30.2. The van der Waals surface area contributed by atoms with E-state index < -0.39 is 28.0 Å². The van der Waals surface area contributed by atoms with Crippen LogP contribution in [0.15, 0.2) is 24.3 Å². The Hall–Kier alpha value is -1.93. The van der Waals surface area contributed by atoms with Crippen molar-refractivity contribution in [2.45, 2.75) is 52.2 Å². The van der Waals surface area contributed by atoms with Crippen LogP contribution < -0.4 is 0 Å². The molecule has 0 aliphatic carbocycles. The molecule has 3 atom stereocenters. The highest BCUT2D eigenvalue weighted by atomic mass is 32.2. The number of benzene rings is 1. The molecule has 0 radical (unpaired) electrons. The van der Waals surface area contributed by atoms with Gasteiger partial charge in [-0.15, -0.1) is 0 Å². The highest BCUT2D eigenvalue weighted by molar-refractivity contribution is 7.88. The van der Waals surface area contributed by atoms with E-state index in [1.54, 1.807) is 4.90 Å². The Bertz CT molecular complexity index is 897. The van der Waals surface area contributed by atoms with E-state index in [2.05, 4.69) is 18.9 Å². The van der Waals surface area contributed by atoms with E-state index in [9.17, 15) is 18.0 Å². The van der Waals surface area contributed by atoms with E-state index >= 15 is 0 Å². The fourth-order valence-electron chi connectivity index (χ4n) is 4.96. The summed E-state index contributed by atoms with van der Waals surface area (Å²) in [5.41, 5.74) is 1.71. The summed E-state index contributed by atoms with van der Waals surface area (Å²) < 4.78 is 25.6. The number of likely N-dealkylation sites (tertiary alicyclic amines) is 1. The highest BCUT2D eigenvalue weighted by Crippen LogP contribution is 2.41. The van der Waals surface area contributed by atoms with Gasteiger partial charge in [-0.3, -0.25) is 9.59 Å². The van der Waals surface area contributed by atoms with E-state index in [1.807, 2.05) is 38.1 Å². The Labute approximate surface area is 180 Å². The van der Waals surface area contributed by atoms with Crippen LogP contribution in [-0.2, 0) is 21.4 Å². The molecule has 7 nitrogen and oxygen atoms in total. The minimum Gasteiger partial charge on any atom is -0.333 e. The molecule has 2 aliphatic heterocycles. The van der Waals surface area contributed by atoms with Gasteiger partial charge in [0.2, 0.25) is 15.9 Å². The molecule has 2 aliphatic rings. The van der Waals surface area contributed by atoms with Crippen molar-refractivity contribution in [3.05, 3.63) is 35.4 Å². The molecule has 1 aromatic carbocycles. The molecule has 30 heavy (non-hydrogen) atoms. The van der Waals surface area contributed by atoms with Crippen molar-refractivity contribution < 1.29 is 18.0 Å². The third-order valence-electron chi connectivity index (χ3n) is 6.19. The second-order valence-corrected chi connectivity index (χ2v) is 10.8. The van der Waals surface area contributed by atoms with Gasteiger partial charge < -0.3 is 9.80 Å². The van der Waals surface area contributed by atoms with E-state index in [1.165, 1.54) is 0 Å². The summed E-state index contributed by atoms with van der Waals surface area (Å²) in [6.45, 7) is 8.26. The van der Waals surface area contributed by atoms with E-state index in [0.29, 0.717) is 18.5 Å². The van der Waals surface area contributed by atoms with E-state index in [-0.39, 0.29) is 17.7 Å². The van der Waals surface area contributed by atoms with Crippen LogP contribution in [0.2, 0.25) is 0 Å². The number of sulfonamides is 1. The molecular formula is C22H33N3O4S. The number of rotatable bonds is 7. The first-order valence-corrected chi connectivity index (χ1v) is 12.5. The summed E-state index contributed by atoms with van der Waals surface area (Å²) in [6.07, 6.45) is 2.65. The average Bonchev–Trinajstić information content (AvgIpc) is 3.17. The topological polar surface area (TPSA) is 78.0 Å². The predicted octanol–water partition coefficient (Wildman–Crippen LogP) is 2.19. The fourth-order valence-corrected chi connectivity index (χ4v) is 6.13. The van der Waals surface area contributed by atoms with Gasteiger partial charge in [-0.05, 0) is 50.0 Å². The lowest BCUT2D eigenvalue weighted by Gasteiger charge is -2.29. The van der Waals surface area contributed by atoms with Crippen molar-refractivity contribution >= 4 is 21.8 Å². The molecule has 2 heterocycles. The minimum atomic E-state index is -3.67. The normalized spacial score (nSPS) is 24.2. The van der Waals surface area contributed by atoms with E-state index in [0.717, 1.165) is 35.6 Å². The third kappa shape index (κ3) is 4.25. The minimum absolute atomic E-state index is 0.0540. The van der Waals surface area contributed by atoms with Crippen LogP contribution in [0.25, 0.3) is 0 Å². The number of hydrogen-bond donors (Lipinski definition) is 0. The molecule has 0 unspecified atom stereocenters. The quantitative estimate of drug-likeness (QED) is 0.656. The molecular weight excluding hydrogens is 402 g/mol. The van der Waals surface area contributed by atoms with Gasteiger partial charge in [0.15, 0.2) is 0 Å². The van der Waals surface area contributed by atoms with Gasteiger partial charge in [0.1, 0.15) is 0 Å². The zero-order valence-corrected chi connectivity index (χ0v) is 19.4. The number of fused-ring (bicyclic) bond motifs is 1. The van der Waals surface area contributed by atoms with Crippen molar-refractivity contribution in [3.8, 4) is 0 Å². The first kappa shape index (κ1) is 22.7. The van der Waals surface area contributed by atoms with Gasteiger partial charge in [-0.2, -0.15) is 0 Å². The lowest BCUT2D eigenvalue weighted by molar-refractivity contribution is -0.129. The molecule has 0 aromatic heterocycles. The maximum atomic E-state index is 13.3. The molecule has 166 valence electrons. The predicted molar refractivity (Wildman–Crippen MR) is 116 cm³/mol. The van der Waals surface area contributed by atoms with Gasteiger partial charge in [0, 0.05) is 18.7 Å². The Balaban J connectivity index is 1.82. The van der Waals surface area contributed by atoms with Crippen molar-refractivity contribution in [1.82, 2.24) is 14.1 Å².